The van der Waals surface area contributed by atoms with Gasteiger partial charge >= 0.3 is 0 Å². The lowest BCUT2D eigenvalue weighted by atomic mass is 10.1. The Bertz CT molecular complexity index is 592. The quantitative estimate of drug-likeness (QED) is 0.888. The Balaban J connectivity index is 1.68. The van der Waals surface area contributed by atoms with Gasteiger partial charge in [-0.25, -0.2) is 9.37 Å². The predicted octanol–water partition coefficient (Wildman–Crippen LogP) is 2.65. The molecule has 1 aromatic heterocycles. The maximum absolute atomic E-state index is 12.9. The van der Waals surface area contributed by atoms with Crippen LogP contribution in [0.2, 0.25) is 0 Å². The molecule has 1 aromatic carbocycles. The second kappa shape index (κ2) is 5.95. The Morgan fingerprint density at radius 2 is 2.10 bits per heavy atom. The van der Waals surface area contributed by atoms with Gasteiger partial charge in [-0.15, -0.1) is 0 Å². The zero-order valence-electron chi connectivity index (χ0n) is 12.1. The lowest BCUT2D eigenvalue weighted by Crippen LogP contribution is -2.39. The summed E-state index contributed by atoms with van der Waals surface area (Å²) in [5, 5.41) is 0. The molecule has 1 atom stereocenters. The predicted molar refractivity (Wildman–Crippen MR) is 78.9 cm³/mol. The van der Waals surface area contributed by atoms with Crippen LogP contribution in [0.4, 0.5) is 4.39 Å². The molecule has 2 N–H and O–H groups in total. The van der Waals surface area contributed by atoms with Gasteiger partial charge in [0.15, 0.2) is 5.76 Å². The van der Waals surface area contributed by atoms with Crippen LogP contribution < -0.4 is 5.73 Å². The molecular weight excluding hydrogens is 269 g/mol. The molecule has 1 aliphatic rings. The third-order valence-corrected chi connectivity index (χ3v) is 4.04. The molecule has 3 rings (SSSR count). The number of rotatable bonds is 6. The number of aromatic nitrogens is 1. The van der Waals surface area contributed by atoms with Gasteiger partial charge in [0.05, 0.1) is 12.7 Å². The molecule has 0 spiro atoms. The Morgan fingerprint density at radius 3 is 2.71 bits per heavy atom. The molecule has 0 saturated heterocycles. The monoisotopic (exact) mass is 289 g/mol. The highest BCUT2D eigenvalue weighted by Crippen LogP contribution is 2.35. The van der Waals surface area contributed by atoms with Crippen LogP contribution in [-0.2, 0) is 6.54 Å². The van der Waals surface area contributed by atoms with Gasteiger partial charge < -0.3 is 10.2 Å². The largest absolute Gasteiger partial charge is 0.439 e. The Hall–Kier alpha value is -1.72. The van der Waals surface area contributed by atoms with Gasteiger partial charge in [0, 0.05) is 18.2 Å². The molecule has 1 saturated carbocycles. The summed E-state index contributed by atoms with van der Waals surface area (Å²) >= 11 is 0. The number of hydrogen-bond acceptors (Lipinski definition) is 4. The maximum Gasteiger partial charge on any atom is 0.209 e. The smallest absolute Gasteiger partial charge is 0.209 e. The average Bonchev–Trinajstić information content (AvgIpc) is 3.20. The fourth-order valence-corrected chi connectivity index (χ4v) is 2.67. The van der Waals surface area contributed by atoms with E-state index in [1.165, 1.54) is 25.0 Å². The summed E-state index contributed by atoms with van der Waals surface area (Å²) in [5.74, 6) is 1.78. The van der Waals surface area contributed by atoms with E-state index in [-0.39, 0.29) is 5.82 Å². The van der Waals surface area contributed by atoms with Gasteiger partial charge in [0.25, 0.3) is 0 Å². The number of benzene rings is 1. The van der Waals surface area contributed by atoms with Gasteiger partial charge in [-0.2, -0.15) is 0 Å². The van der Waals surface area contributed by atoms with Crippen LogP contribution in [0.25, 0.3) is 11.3 Å². The Kier molecular flexibility index (Phi) is 4.03. The lowest BCUT2D eigenvalue weighted by Gasteiger charge is -2.25. The van der Waals surface area contributed by atoms with E-state index in [0.29, 0.717) is 36.7 Å². The summed E-state index contributed by atoms with van der Waals surface area (Å²) in [6.07, 6.45) is 4.21. The third kappa shape index (κ3) is 3.31. The summed E-state index contributed by atoms with van der Waals surface area (Å²) in [7, 11) is 2.05. The van der Waals surface area contributed by atoms with Crippen molar-refractivity contribution in [3.8, 4) is 11.3 Å². The van der Waals surface area contributed by atoms with Crippen molar-refractivity contribution in [1.82, 2.24) is 9.88 Å². The normalized spacial score (nSPS) is 16.4. The van der Waals surface area contributed by atoms with Crippen LogP contribution in [0.1, 0.15) is 18.7 Å². The molecule has 1 fully saturated rings. The van der Waals surface area contributed by atoms with Crippen molar-refractivity contribution < 1.29 is 8.81 Å². The van der Waals surface area contributed by atoms with Gasteiger partial charge in [-0.3, -0.25) is 4.90 Å². The third-order valence-electron chi connectivity index (χ3n) is 4.04. The topological polar surface area (TPSA) is 55.3 Å². The minimum Gasteiger partial charge on any atom is -0.439 e. The fourth-order valence-electron chi connectivity index (χ4n) is 2.67. The number of nitrogens with two attached hydrogens (primary N) is 1. The first-order chi connectivity index (χ1) is 10.2. The molecule has 2 aromatic rings. The number of likely N-dealkylation sites (N-methyl/N-ethyl adjacent to an activating group) is 1. The first kappa shape index (κ1) is 14.2. The van der Waals surface area contributed by atoms with Crippen molar-refractivity contribution >= 4 is 0 Å². The molecular formula is C16H20FN3O. The molecule has 1 heterocycles. The molecule has 112 valence electrons. The molecule has 4 nitrogen and oxygen atoms in total. The van der Waals surface area contributed by atoms with Gasteiger partial charge in [0.2, 0.25) is 5.89 Å². The molecule has 5 heteroatoms. The first-order valence-electron chi connectivity index (χ1n) is 7.28. The Morgan fingerprint density at radius 1 is 1.38 bits per heavy atom. The highest BCUT2D eigenvalue weighted by atomic mass is 19.1. The second-order valence-corrected chi connectivity index (χ2v) is 5.68. The minimum absolute atomic E-state index is 0.256. The highest BCUT2D eigenvalue weighted by Gasteiger charge is 2.33. The van der Waals surface area contributed by atoms with Crippen molar-refractivity contribution in [2.75, 3.05) is 13.6 Å². The molecule has 0 radical (unpaired) electrons. The molecule has 0 amide bonds. The molecule has 1 unspecified atom stereocenters. The molecule has 1 aliphatic carbocycles. The average molecular weight is 289 g/mol. The zero-order valence-corrected chi connectivity index (χ0v) is 12.1. The summed E-state index contributed by atoms with van der Waals surface area (Å²) < 4.78 is 18.7. The van der Waals surface area contributed by atoms with Crippen molar-refractivity contribution in [3.63, 3.8) is 0 Å². The SMILES string of the molecule is CN(Cc1ncc(-c2ccc(F)cc2)o1)C(CN)C1CC1. The van der Waals surface area contributed by atoms with E-state index in [1.807, 2.05) is 0 Å². The van der Waals surface area contributed by atoms with Crippen LogP contribution in [0.3, 0.4) is 0 Å². The number of oxazole rings is 1. The van der Waals surface area contributed by atoms with Crippen LogP contribution in [-0.4, -0.2) is 29.5 Å². The second-order valence-electron chi connectivity index (χ2n) is 5.68. The van der Waals surface area contributed by atoms with Crippen LogP contribution in [0.15, 0.2) is 34.9 Å². The highest BCUT2D eigenvalue weighted by molar-refractivity contribution is 5.55. The lowest BCUT2D eigenvalue weighted by molar-refractivity contribution is 0.197. The van der Waals surface area contributed by atoms with Crippen LogP contribution >= 0.6 is 0 Å². The fraction of sp³-hybridized carbons (Fsp3) is 0.438. The van der Waals surface area contributed by atoms with E-state index in [0.717, 1.165) is 5.56 Å². The van der Waals surface area contributed by atoms with E-state index < -0.39 is 0 Å². The number of nitrogens with zero attached hydrogens (tertiary/aromatic N) is 2. The first-order valence-corrected chi connectivity index (χ1v) is 7.28. The van der Waals surface area contributed by atoms with E-state index in [1.54, 1.807) is 18.3 Å². The minimum atomic E-state index is -0.256. The standard InChI is InChI=1S/C16H20FN3O/c1-20(14(8-18)11-2-3-11)10-16-19-9-15(21-16)12-4-6-13(17)7-5-12/h4-7,9,11,14H,2-3,8,10,18H2,1H3. The van der Waals surface area contributed by atoms with E-state index in [4.69, 9.17) is 10.2 Å². The Labute approximate surface area is 123 Å². The molecule has 0 bridgehead atoms. The zero-order chi connectivity index (χ0) is 14.8. The maximum atomic E-state index is 12.9. The number of halogens is 1. The summed E-state index contributed by atoms with van der Waals surface area (Å²) in [5.41, 5.74) is 6.68. The summed E-state index contributed by atoms with van der Waals surface area (Å²) in [6, 6.07) is 6.61. The summed E-state index contributed by atoms with van der Waals surface area (Å²) in [4.78, 5) is 6.51. The van der Waals surface area contributed by atoms with Crippen molar-refractivity contribution in [2.45, 2.75) is 25.4 Å². The van der Waals surface area contributed by atoms with Crippen molar-refractivity contribution in [2.24, 2.45) is 11.7 Å². The van der Waals surface area contributed by atoms with Crippen LogP contribution in [0, 0.1) is 11.7 Å². The van der Waals surface area contributed by atoms with E-state index in [9.17, 15) is 4.39 Å². The molecule has 21 heavy (non-hydrogen) atoms. The van der Waals surface area contributed by atoms with Gasteiger partial charge in [-0.1, -0.05) is 0 Å². The molecule has 0 aliphatic heterocycles. The van der Waals surface area contributed by atoms with E-state index >= 15 is 0 Å². The van der Waals surface area contributed by atoms with Crippen molar-refractivity contribution in [3.05, 3.63) is 42.2 Å². The van der Waals surface area contributed by atoms with Crippen LogP contribution in [0.5, 0.6) is 0 Å². The van der Waals surface area contributed by atoms with E-state index in [2.05, 4.69) is 16.9 Å². The van der Waals surface area contributed by atoms with Gasteiger partial charge in [-0.05, 0) is 50.1 Å². The van der Waals surface area contributed by atoms with Crippen molar-refractivity contribution in [1.29, 1.82) is 0 Å². The number of hydrogen-bond donors (Lipinski definition) is 1. The summed E-state index contributed by atoms with van der Waals surface area (Å²) in [6.45, 7) is 1.30. The van der Waals surface area contributed by atoms with Gasteiger partial charge in [0.1, 0.15) is 5.82 Å².